The number of aliphatic carboxylic acids is 1. The van der Waals surface area contributed by atoms with Crippen molar-refractivity contribution >= 4 is 5.97 Å². The van der Waals surface area contributed by atoms with Crippen LogP contribution >= 0.6 is 0 Å². The highest BCUT2D eigenvalue weighted by molar-refractivity contribution is 5.89. The smallest absolute Gasteiger partial charge is 0.331 e. The van der Waals surface area contributed by atoms with Crippen LogP contribution in [0.3, 0.4) is 0 Å². The molecule has 0 aromatic carbocycles. The number of carboxylic acid groups (broad SMARTS) is 1. The third-order valence-electron chi connectivity index (χ3n) is 3.49. The molecule has 2 bridgehead atoms. The molecule has 0 spiro atoms. The molecule has 0 aliphatic heterocycles. The molecule has 0 heterocycles. The van der Waals surface area contributed by atoms with Gasteiger partial charge in [0.05, 0.1) is 0 Å². The van der Waals surface area contributed by atoms with Gasteiger partial charge in [-0.15, -0.1) is 0 Å². The average molecular weight is 166 g/mol. The van der Waals surface area contributed by atoms with Crippen molar-refractivity contribution in [1.29, 1.82) is 0 Å². The van der Waals surface area contributed by atoms with Crippen LogP contribution in [0.4, 0.5) is 0 Å². The maximum Gasteiger partial charge on any atom is 0.331 e. The van der Waals surface area contributed by atoms with Crippen LogP contribution in [0.1, 0.15) is 26.7 Å². The van der Waals surface area contributed by atoms with Crippen molar-refractivity contribution in [2.45, 2.75) is 26.7 Å². The van der Waals surface area contributed by atoms with Crippen molar-refractivity contribution in [3.63, 3.8) is 0 Å². The van der Waals surface area contributed by atoms with Gasteiger partial charge in [-0.3, -0.25) is 0 Å². The van der Waals surface area contributed by atoms with Crippen LogP contribution in [-0.2, 0) is 4.79 Å². The number of hydrogen-bond donors (Lipinski definition) is 1. The Bertz CT molecular complexity index is 265. The predicted molar refractivity (Wildman–Crippen MR) is 45.7 cm³/mol. The summed E-state index contributed by atoms with van der Waals surface area (Å²) < 4.78 is 0. The zero-order valence-corrected chi connectivity index (χ0v) is 7.50. The van der Waals surface area contributed by atoms with E-state index >= 15 is 0 Å². The minimum absolute atomic E-state index is 0.293. The maximum atomic E-state index is 10.9. The number of rotatable bonds is 1. The lowest BCUT2D eigenvalue weighted by molar-refractivity contribution is -0.133. The average Bonchev–Trinajstić information content (AvgIpc) is 2.42. The van der Waals surface area contributed by atoms with E-state index in [-0.39, 0.29) is 0 Å². The van der Waals surface area contributed by atoms with Crippen molar-refractivity contribution < 1.29 is 9.90 Å². The summed E-state index contributed by atoms with van der Waals surface area (Å²) >= 11 is 0. The molecule has 1 saturated carbocycles. The van der Waals surface area contributed by atoms with E-state index in [0.29, 0.717) is 17.8 Å². The second kappa shape index (κ2) is 2.35. The molecule has 0 radical (unpaired) electrons. The number of carbonyl (C=O) groups is 1. The van der Waals surface area contributed by atoms with Gasteiger partial charge in [-0.1, -0.05) is 19.4 Å². The fraction of sp³-hybridized carbons (Fsp3) is 0.700. The summed E-state index contributed by atoms with van der Waals surface area (Å²) in [5.74, 6) is 0.928. The minimum Gasteiger partial charge on any atom is -0.478 e. The lowest BCUT2D eigenvalue weighted by Gasteiger charge is -2.23. The molecule has 2 heteroatoms. The number of carboxylic acids is 1. The SMILES string of the molecule is CC1CC2=C(C(=O)O)C(C)C1C2. The first-order valence-electron chi connectivity index (χ1n) is 4.56. The van der Waals surface area contributed by atoms with Gasteiger partial charge in [-0.25, -0.2) is 4.79 Å². The summed E-state index contributed by atoms with van der Waals surface area (Å²) in [6.07, 6.45) is 2.07. The molecular formula is C10H14O2. The predicted octanol–water partition coefficient (Wildman–Crippen LogP) is 2.06. The highest BCUT2D eigenvalue weighted by Gasteiger charge is 2.43. The highest BCUT2D eigenvalue weighted by Crippen LogP contribution is 2.51. The van der Waals surface area contributed by atoms with E-state index in [9.17, 15) is 4.79 Å². The fourth-order valence-corrected chi connectivity index (χ4v) is 2.88. The molecule has 12 heavy (non-hydrogen) atoms. The topological polar surface area (TPSA) is 37.3 Å². The van der Waals surface area contributed by atoms with Crippen molar-refractivity contribution in [1.82, 2.24) is 0 Å². The summed E-state index contributed by atoms with van der Waals surface area (Å²) in [6.45, 7) is 4.28. The third-order valence-corrected chi connectivity index (χ3v) is 3.49. The Hall–Kier alpha value is -0.790. The van der Waals surface area contributed by atoms with Gasteiger partial charge in [0.25, 0.3) is 0 Å². The second-order valence-corrected chi connectivity index (χ2v) is 4.16. The molecule has 0 amide bonds. The molecule has 3 unspecified atom stereocenters. The van der Waals surface area contributed by atoms with Crippen molar-refractivity contribution in [2.75, 3.05) is 0 Å². The Morgan fingerprint density at radius 2 is 2.08 bits per heavy atom. The lowest BCUT2D eigenvalue weighted by Crippen LogP contribution is -2.20. The Labute approximate surface area is 72.3 Å². The van der Waals surface area contributed by atoms with Crippen LogP contribution in [0.25, 0.3) is 0 Å². The highest BCUT2D eigenvalue weighted by atomic mass is 16.4. The number of allylic oxidation sites excluding steroid dienone is 1. The van der Waals surface area contributed by atoms with Crippen LogP contribution in [0.2, 0.25) is 0 Å². The van der Waals surface area contributed by atoms with Gasteiger partial charge >= 0.3 is 5.97 Å². The van der Waals surface area contributed by atoms with Gasteiger partial charge < -0.3 is 5.11 Å². The summed E-state index contributed by atoms with van der Waals surface area (Å²) in [5.41, 5.74) is 1.94. The zero-order valence-electron chi connectivity index (χ0n) is 7.50. The van der Waals surface area contributed by atoms with E-state index in [1.54, 1.807) is 0 Å². The van der Waals surface area contributed by atoms with E-state index in [1.807, 2.05) is 0 Å². The zero-order chi connectivity index (χ0) is 8.88. The first-order chi connectivity index (χ1) is 5.61. The van der Waals surface area contributed by atoms with Gasteiger partial charge in [-0.05, 0) is 30.6 Å². The van der Waals surface area contributed by atoms with Gasteiger partial charge in [0.15, 0.2) is 0 Å². The van der Waals surface area contributed by atoms with E-state index in [1.165, 1.54) is 5.57 Å². The number of fused-ring (bicyclic) bond motifs is 2. The van der Waals surface area contributed by atoms with Crippen LogP contribution in [0.5, 0.6) is 0 Å². The Morgan fingerprint density at radius 1 is 1.42 bits per heavy atom. The van der Waals surface area contributed by atoms with E-state index in [0.717, 1.165) is 18.4 Å². The molecule has 2 nitrogen and oxygen atoms in total. The van der Waals surface area contributed by atoms with Crippen LogP contribution in [-0.4, -0.2) is 11.1 Å². The molecule has 0 aromatic rings. The summed E-state index contributed by atoms with van der Waals surface area (Å²) in [6, 6.07) is 0. The minimum atomic E-state index is -0.688. The van der Waals surface area contributed by atoms with Gasteiger partial charge in [0, 0.05) is 5.57 Å². The van der Waals surface area contributed by atoms with E-state index < -0.39 is 5.97 Å². The molecule has 1 N–H and O–H groups in total. The van der Waals surface area contributed by atoms with Gasteiger partial charge in [0.2, 0.25) is 0 Å². The molecule has 1 fully saturated rings. The molecule has 2 aliphatic rings. The Kier molecular flexibility index (Phi) is 1.53. The first-order valence-corrected chi connectivity index (χ1v) is 4.56. The Balaban J connectivity index is 2.36. The summed E-state index contributed by atoms with van der Waals surface area (Å²) in [5, 5.41) is 8.93. The largest absolute Gasteiger partial charge is 0.478 e. The molecule has 0 aromatic heterocycles. The quantitative estimate of drug-likeness (QED) is 0.647. The van der Waals surface area contributed by atoms with Crippen LogP contribution < -0.4 is 0 Å². The van der Waals surface area contributed by atoms with Gasteiger partial charge in [0.1, 0.15) is 0 Å². The molecule has 66 valence electrons. The lowest BCUT2D eigenvalue weighted by atomic mass is 9.81. The summed E-state index contributed by atoms with van der Waals surface area (Å²) in [7, 11) is 0. The Morgan fingerprint density at radius 3 is 2.50 bits per heavy atom. The van der Waals surface area contributed by atoms with E-state index in [4.69, 9.17) is 5.11 Å². The van der Waals surface area contributed by atoms with E-state index in [2.05, 4.69) is 13.8 Å². The van der Waals surface area contributed by atoms with Crippen molar-refractivity contribution in [3.05, 3.63) is 11.1 Å². The number of hydrogen-bond acceptors (Lipinski definition) is 1. The maximum absolute atomic E-state index is 10.9. The molecule has 2 rings (SSSR count). The van der Waals surface area contributed by atoms with Crippen LogP contribution in [0.15, 0.2) is 11.1 Å². The monoisotopic (exact) mass is 166 g/mol. The first kappa shape index (κ1) is 7.84. The standard InChI is InChI=1S/C10H14O2/c1-5-3-7-4-8(5)6(2)9(7)10(11)12/h5-6,8H,3-4H2,1-2H3,(H,11,12). The second-order valence-electron chi connectivity index (χ2n) is 4.16. The normalized spacial score (nSPS) is 39.3. The van der Waals surface area contributed by atoms with Crippen LogP contribution in [0, 0.1) is 17.8 Å². The molecule has 3 atom stereocenters. The molecular weight excluding hydrogens is 152 g/mol. The summed E-state index contributed by atoms with van der Waals surface area (Å²) in [4.78, 5) is 10.9. The van der Waals surface area contributed by atoms with Crippen molar-refractivity contribution in [2.24, 2.45) is 17.8 Å². The van der Waals surface area contributed by atoms with Crippen molar-refractivity contribution in [3.8, 4) is 0 Å². The van der Waals surface area contributed by atoms with Gasteiger partial charge in [-0.2, -0.15) is 0 Å². The third kappa shape index (κ3) is 0.838. The molecule has 0 saturated heterocycles. The molecule has 2 aliphatic carbocycles. The fourth-order valence-electron chi connectivity index (χ4n) is 2.88.